The first-order chi connectivity index (χ1) is 16.8. The minimum absolute atomic E-state index is 0.0998. The third-order valence-corrected chi connectivity index (χ3v) is 6.22. The van der Waals surface area contributed by atoms with E-state index in [2.05, 4.69) is 30.7 Å². The number of nitrogens with one attached hydrogen (secondary N) is 2. The molecule has 0 saturated carbocycles. The van der Waals surface area contributed by atoms with Crippen molar-refractivity contribution in [3.8, 4) is 11.5 Å². The highest BCUT2D eigenvalue weighted by Gasteiger charge is 2.20. The number of anilines is 3. The second kappa shape index (κ2) is 10.2. The summed E-state index contributed by atoms with van der Waals surface area (Å²) in [6.07, 6.45) is 2.97. The van der Waals surface area contributed by atoms with Gasteiger partial charge in [0.05, 0.1) is 12.6 Å². The predicted octanol–water partition coefficient (Wildman–Crippen LogP) is 3.52. The number of aliphatic hydroxyl groups is 1. The Morgan fingerprint density at radius 1 is 1.14 bits per heavy atom. The van der Waals surface area contributed by atoms with Gasteiger partial charge in [-0.15, -0.1) is 0 Å². The van der Waals surface area contributed by atoms with Crippen LogP contribution in [0.2, 0.25) is 0 Å². The van der Waals surface area contributed by atoms with Crippen LogP contribution in [0.4, 0.5) is 21.8 Å². The molecule has 0 saturated heterocycles. The van der Waals surface area contributed by atoms with Gasteiger partial charge < -0.3 is 20.3 Å². The second-order valence-electron chi connectivity index (χ2n) is 7.66. The number of aromatic nitrogens is 4. The number of hydrogen-bond donors (Lipinski definition) is 3. The maximum absolute atomic E-state index is 14.3. The lowest BCUT2D eigenvalue weighted by atomic mass is 10.1. The molecule has 2 heterocycles. The summed E-state index contributed by atoms with van der Waals surface area (Å²) in [7, 11) is -3.70. The molecule has 2 aromatic carbocycles. The Labute approximate surface area is 201 Å². The minimum Gasteiger partial charge on any atom is -0.394 e. The molecule has 0 aliphatic heterocycles. The van der Waals surface area contributed by atoms with Gasteiger partial charge in [0.25, 0.3) is 5.89 Å². The fraction of sp³-hybridized carbons (Fsp3) is 0.217. The molecular formula is C23H23FN6O4S. The lowest BCUT2D eigenvalue weighted by molar-refractivity contribution is 0.276. The molecule has 0 spiro atoms. The molecule has 2 aromatic heterocycles. The standard InChI is InChI=1S/C23H23FN6O4S/c1-3-20-28-22(34-30-20)16-12-25-23(26-15-9-10-19(17(24)11-15)35(2,32)33)29-21(16)27-18(13-31)14-7-5-4-6-8-14/h4-12,18,31H,3,13H2,1-2H3,(H2,25,26,27,29)/t18-/m1/s1. The highest BCUT2D eigenvalue weighted by Crippen LogP contribution is 2.30. The largest absolute Gasteiger partial charge is 0.394 e. The summed E-state index contributed by atoms with van der Waals surface area (Å²) >= 11 is 0. The van der Waals surface area contributed by atoms with Crippen LogP contribution in [0.5, 0.6) is 0 Å². The van der Waals surface area contributed by atoms with E-state index in [1.54, 1.807) is 0 Å². The topological polar surface area (TPSA) is 143 Å². The molecule has 12 heteroatoms. The monoisotopic (exact) mass is 498 g/mol. The van der Waals surface area contributed by atoms with E-state index >= 15 is 0 Å². The van der Waals surface area contributed by atoms with Crippen LogP contribution in [-0.4, -0.2) is 46.5 Å². The van der Waals surface area contributed by atoms with Gasteiger partial charge in [-0.2, -0.15) is 9.97 Å². The number of nitrogens with zero attached hydrogens (tertiary/aromatic N) is 4. The Morgan fingerprint density at radius 2 is 1.91 bits per heavy atom. The highest BCUT2D eigenvalue weighted by atomic mass is 32.2. The van der Waals surface area contributed by atoms with Crippen molar-refractivity contribution < 1.29 is 22.4 Å². The maximum Gasteiger partial charge on any atom is 0.263 e. The number of rotatable bonds is 9. The second-order valence-corrected chi connectivity index (χ2v) is 9.64. The van der Waals surface area contributed by atoms with Gasteiger partial charge in [-0.25, -0.2) is 17.8 Å². The van der Waals surface area contributed by atoms with E-state index in [-0.39, 0.29) is 24.1 Å². The molecule has 0 aliphatic carbocycles. The zero-order chi connectivity index (χ0) is 25.0. The highest BCUT2D eigenvalue weighted by molar-refractivity contribution is 7.90. The molecule has 182 valence electrons. The van der Waals surface area contributed by atoms with Crippen molar-refractivity contribution in [3.05, 3.63) is 71.9 Å². The first-order valence-electron chi connectivity index (χ1n) is 10.7. The van der Waals surface area contributed by atoms with E-state index in [1.807, 2.05) is 37.3 Å². The van der Waals surface area contributed by atoms with Crippen LogP contribution in [0.25, 0.3) is 11.5 Å². The van der Waals surface area contributed by atoms with Crippen molar-refractivity contribution in [2.75, 3.05) is 23.5 Å². The zero-order valence-electron chi connectivity index (χ0n) is 18.9. The Hall–Kier alpha value is -3.90. The minimum atomic E-state index is -3.70. The summed E-state index contributed by atoms with van der Waals surface area (Å²) < 4.78 is 43.0. The molecule has 35 heavy (non-hydrogen) atoms. The molecule has 0 radical (unpaired) electrons. The molecule has 0 fully saturated rings. The summed E-state index contributed by atoms with van der Waals surface area (Å²) in [5.41, 5.74) is 1.49. The van der Waals surface area contributed by atoms with Crippen molar-refractivity contribution in [2.24, 2.45) is 0 Å². The van der Waals surface area contributed by atoms with Crippen LogP contribution < -0.4 is 10.6 Å². The van der Waals surface area contributed by atoms with Gasteiger partial charge in [-0.3, -0.25) is 0 Å². The number of benzene rings is 2. The van der Waals surface area contributed by atoms with Crippen molar-refractivity contribution in [1.82, 2.24) is 20.1 Å². The van der Waals surface area contributed by atoms with Crippen molar-refractivity contribution in [1.29, 1.82) is 0 Å². The summed E-state index contributed by atoms with van der Waals surface area (Å²) in [4.78, 5) is 12.7. The Morgan fingerprint density at radius 3 is 2.54 bits per heavy atom. The van der Waals surface area contributed by atoms with Gasteiger partial charge in [0.15, 0.2) is 15.7 Å². The summed E-state index contributed by atoms with van der Waals surface area (Å²) in [5.74, 6) is 0.211. The Kier molecular flexibility index (Phi) is 7.03. The molecule has 0 aliphatic rings. The van der Waals surface area contributed by atoms with E-state index in [0.29, 0.717) is 23.6 Å². The van der Waals surface area contributed by atoms with Gasteiger partial charge in [0, 0.05) is 24.6 Å². The van der Waals surface area contributed by atoms with E-state index in [4.69, 9.17) is 4.52 Å². The normalized spacial score (nSPS) is 12.3. The van der Waals surface area contributed by atoms with Crippen molar-refractivity contribution in [2.45, 2.75) is 24.3 Å². The number of aryl methyl sites for hydroxylation is 1. The molecule has 4 aromatic rings. The number of hydrogen-bond acceptors (Lipinski definition) is 10. The van der Waals surface area contributed by atoms with Crippen LogP contribution in [0, 0.1) is 5.82 Å². The van der Waals surface area contributed by atoms with Gasteiger partial charge in [-0.05, 0) is 23.8 Å². The Balaban J connectivity index is 1.70. The number of sulfone groups is 1. The molecule has 0 amide bonds. The van der Waals surface area contributed by atoms with E-state index in [1.165, 1.54) is 18.3 Å². The average Bonchev–Trinajstić information content (AvgIpc) is 3.31. The number of aliphatic hydroxyl groups excluding tert-OH is 1. The van der Waals surface area contributed by atoms with Crippen LogP contribution in [-0.2, 0) is 16.3 Å². The molecule has 4 rings (SSSR count). The van der Waals surface area contributed by atoms with Crippen LogP contribution >= 0.6 is 0 Å². The smallest absolute Gasteiger partial charge is 0.263 e. The molecule has 0 bridgehead atoms. The average molecular weight is 499 g/mol. The summed E-state index contributed by atoms with van der Waals surface area (Å²) in [6.45, 7) is 1.67. The SMILES string of the molecule is CCc1noc(-c2cnc(Nc3ccc(S(C)(=O)=O)c(F)c3)nc2N[C@H](CO)c2ccccc2)n1. The maximum atomic E-state index is 14.3. The quantitative estimate of drug-likeness (QED) is 0.314. The van der Waals surface area contributed by atoms with Crippen molar-refractivity contribution in [3.63, 3.8) is 0 Å². The summed E-state index contributed by atoms with van der Waals surface area (Å²) in [5, 5.41) is 20.0. The van der Waals surface area contributed by atoms with Gasteiger partial charge >= 0.3 is 0 Å². The molecule has 3 N–H and O–H groups in total. The first-order valence-corrected chi connectivity index (χ1v) is 12.6. The van der Waals surface area contributed by atoms with E-state index in [0.717, 1.165) is 17.9 Å². The van der Waals surface area contributed by atoms with Gasteiger partial charge in [0.1, 0.15) is 22.1 Å². The fourth-order valence-corrected chi connectivity index (χ4v) is 4.04. The summed E-state index contributed by atoms with van der Waals surface area (Å²) in [6, 6.07) is 12.4. The van der Waals surface area contributed by atoms with Gasteiger partial charge in [0.2, 0.25) is 5.95 Å². The van der Waals surface area contributed by atoms with E-state index in [9.17, 15) is 17.9 Å². The molecular weight excluding hydrogens is 475 g/mol. The predicted molar refractivity (Wildman–Crippen MR) is 127 cm³/mol. The lowest BCUT2D eigenvalue weighted by Gasteiger charge is -2.19. The van der Waals surface area contributed by atoms with Crippen LogP contribution in [0.3, 0.4) is 0 Å². The lowest BCUT2D eigenvalue weighted by Crippen LogP contribution is -2.17. The number of halogens is 1. The third-order valence-electron chi connectivity index (χ3n) is 5.09. The first kappa shape index (κ1) is 24.2. The molecule has 1 atom stereocenters. The van der Waals surface area contributed by atoms with Gasteiger partial charge in [-0.1, -0.05) is 42.4 Å². The zero-order valence-corrected chi connectivity index (χ0v) is 19.8. The third kappa shape index (κ3) is 5.61. The van der Waals surface area contributed by atoms with Crippen LogP contribution in [0.15, 0.2) is 64.1 Å². The molecule has 0 unspecified atom stereocenters. The fourth-order valence-electron chi connectivity index (χ4n) is 3.31. The Bertz CT molecular complexity index is 1430. The molecule has 10 nitrogen and oxygen atoms in total. The van der Waals surface area contributed by atoms with Crippen molar-refractivity contribution >= 4 is 27.3 Å². The van der Waals surface area contributed by atoms with Crippen LogP contribution in [0.1, 0.15) is 24.4 Å². The van der Waals surface area contributed by atoms with E-state index < -0.39 is 26.6 Å².